The van der Waals surface area contributed by atoms with Crippen molar-refractivity contribution in [3.05, 3.63) is 29.2 Å². The van der Waals surface area contributed by atoms with E-state index in [-0.39, 0.29) is 0 Å². The van der Waals surface area contributed by atoms with Gasteiger partial charge in [0, 0.05) is 22.3 Å². The van der Waals surface area contributed by atoms with Crippen LogP contribution in [0.1, 0.15) is 11.4 Å². The van der Waals surface area contributed by atoms with Gasteiger partial charge in [-0.15, -0.1) is 11.3 Å². The van der Waals surface area contributed by atoms with Crippen LogP contribution in [0.25, 0.3) is 17.2 Å². The topological polar surface area (TPSA) is 85.4 Å². The number of hydrogen-bond acceptors (Lipinski definition) is 5. The second-order valence-corrected chi connectivity index (χ2v) is 4.89. The first-order valence-electron chi connectivity index (χ1n) is 5.43. The van der Waals surface area contributed by atoms with Gasteiger partial charge in [0.05, 0.1) is 5.69 Å². The van der Waals surface area contributed by atoms with Crippen LogP contribution in [-0.4, -0.2) is 24.7 Å². The van der Waals surface area contributed by atoms with Crippen molar-refractivity contribution in [1.29, 1.82) is 0 Å². The van der Waals surface area contributed by atoms with Crippen molar-refractivity contribution >= 4 is 16.5 Å². The molecule has 0 fully saturated rings. The van der Waals surface area contributed by atoms with Gasteiger partial charge in [0.1, 0.15) is 6.33 Å². The van der Waals surface area contributed by atoms with Gasteiger partial charge in [-0.3, -0.25) is 4.57 Å². The van der Waals surface area contributed by atoms with E-state index in [4.69, 9.17) is 5.73 Å². The smallest absolute Gasteiger partial charge is 0.229 e. The summed E-state index contributed by atoms with van der Waals surface area (Å²) in [6, 6.07) is 2.08. The molecule has 3 aromatic heterocycles. The molecule has 0 atom stereocenters. The van der Waals surface area contributed by atoms with E-state index in [9.17, 15) is 0 Å². The van der Waals surface area contributed by atoms with Crippen LogP contribution in [0.3, 0.4) is 0 Å². The molecule has 0 saturated carbocycles. The Balaban J connectivity index is 2.17. The van der Waals surface area contributed by atoms with Crippen LogP contribution in [0.4, 0.5) is 5.13 Å². The number of aromatic nitrogens is 5. The summed E-state index contributed by atoms with van der Waals surface area (Å²) in [5, 5.41) is 9.28. The zero-order valence-electron chi connectivity index (χ0n) is 10.0. The molecule has 0 aliphatic carbocycles. The molecule has 0 amide bonds. The molecule has 3 N–H and O–H groups in total. The molecule has 0 aliphatic rings. The largest absolute Gasteiger partial charge is 0.375 e. The first-order valence-corrected chi connectivity index (χ1v) is 6.31. The third-order valence-electron chi connectivity index (χ3n) is 2.84. The van der Waals surface area contributed by atoms with Crippen molar-refractivity contribution < 1.29 is 0 Å². The molecule has 0 bridgehead atoms. The van der Waals surface area contributed by atoms with Crippen LogP contribution in [0.2, 0.25) is 0 Å². The second-order valence-electron chi connectivity index (χ2n) is 4.00. The fourth-order valence-corrected chi connectivity index (χ4v) is 2.63. The zero-order valence-corrected chi connectivity index (χ0v) is 10.8. The van der Waals surface area contributed by atoms with Crippen molar-refractivity contribution in [3.8, 4) is 17.2 Å². The molecule has 0 aromatic carbocycles. The lowest BCUT2D eigenvalue weighted by Crippen LogP contribution is -2.01. The molecule has 7 heteroatoms. The third-order valence-corrected chi connectivity index (χ3v) is 3.52. The Kier molecular flexibility index (Phi) is 2.41. The maximum Gasteiger partial charge on any atom is 0.229 e. The predicted molar refractivity (Wildman–Crippen MR) is 70.7 cm³/mol. The Morgan fingerprint density at radius 3 is 2.83 bits per heavy atom. The molecule has 0 aliphatic heterocycles. The lowest BCUT2D eigenvalue weighted by molar-refractivity contribution is 0.879. The summed E-state index contributed by atoms with van der Waals surface area (Å²) in [5.41, 5.74) is 9.78. The highest BCUT2D eigenvalue weighted by atomic mass is 32.1. The molecule has 6 nitrogen and oxygen atoms in total. The van der Waals surface area contributed by atoms with Crippen LogP contribution < -0.4 is 5.73 Å². The number of H-pyrrole nitrogens is 1. The van der Waals surface area contributed by atoms with Crippen molar-refractivity contribution in [3.63, 3.8) is 0 Å². The Hall–Kier alpha value is -2.15. The highest BCUT2D eigenvalue weighted by Gasteiger charge is 2.15. The van der Waals surface area contributed by atoms with Gasteiger partial charge in [0.2, 0.25) is 5.95 Å². The number of nitrogens with zero attached hydrogens (tertiary/aromatic N) is 4. The molecule has 18 heavy (non-hydrogen) atoms. The zero-order chi connectivity index (χ0) is 12.7. The SMILES string of the molecule is Cc1cc(-c2csc(N)n2)c(C)n1-c1ncn[nH]1. The van der Waals surface area contributed by atoms with Crippen LogP contribution in [0.5, 0.6) is 0 Å². The van der Waals surface area contributed by atoms with Gasteiger partial charge in [-0.05, 0) is 19.9 Å². The summed E-state index contributed by atoms with van der Waals surface area (Å²) < 4.78 is 2.01. The summed E-state index contributed by atoms with van der Waals surface area (Å²) >= 11 is 1.44. The van der Waals surface area contributed by atoms with Crippen LogP contribution in [-0.2, 0) is 0 Å². The van der Waals surface area contributed by atoms with Crippen molar-refractivity contribution in [1.82, 2.24) is 24.7 Å². The lowest BCUT2D eigenvalue weighted by atomic mass is 10.2. The fraction of sp³-hybridized carbons (Fsp3) is 0.182. The molecular weight excluding hydrogens is 248 g/mol. The van der Waals surface area contributed by atoms with Gasteiger partial charge in [0.25, 0.3) is 0 Å². The molecule has 3 heterocycles. The van der Waals surface area contributed by atoms with Gasteiger partial charge < -0.3 is 5.73 Å². The number of nitrogens with one attached hydrogen (secondary N) is 1. The average molecular weight is 260 g/mol. The summed E-state index contributed by atoms with van der Waals surface area (Å²) in [7, 11) is 0. The molecular formula is C11H12N6S. The van der Waals surface area contributed by atoms with Gasteiger partial charge in [-0.2, -0.15) is 10.1 Å². The molecule has 92 valence electrons. The predicted octanol–water partition coefficient (Wildman–Crippen LogP) is 1.92. The van der Waals surface area contributed by atoms with E-state index < -0.39 is 0 Å². The number of hydrogen-bond donors (Lipinski definition) is 2. The first-order chi connectivity index (χ1) is 8.66. The molecule has 3 aromatic rings. The molecule has 3 rings (SSSR count). The Morgan fingerprint density at radius 1 is 1.39 bits per heavy atom. The minimum absolute atomic E-state index is 0.578. The lowest BCUT2D eigenvalue weighted by Gasteiger charge is -2.04. The maximum atomic E-state index is 5.68. The summed E-state index contributed by atoms with van der Waals surface area (Å²) in [4.78, 5) is 8.49. The summed E-state index contributed by atoms with van der Waals surface area (Å²) in [6.45, 7) is 4.05. The van der Waals surface area contributed by atoms with Crippen molar-refractivity contribution in [2.75, 3.05) is 5.73 Å². The quantitative estimate of drug-likeness (QED) is 0.737. The van der Waals surface area contributed by atoms with E-state index >= 15 is 0 Å². The molecule has 0 radical (unpaired) electrons. The van der Waals surface area contributed by atoms with E-state index in [0.717, 1.165) is 22.6 Å². The van der Waals surface area contributed by atoms with E-state index in [1.54, 1.807) is 0 Å². The molecule has 0 spiro atoms. The number of nitrogen functional groups attached to an aromatic ring is 1. The monoisotopic (exact) mass is 260 g/mol. The van der Waals surface area contributed by atoms with E-state index in [1.165, 1.54) is 17.7 Å². The average Bonchev–Trinajstić information content (AvgIpc) is 3.01. The second kappa shape index (κ2) is 3.95. The Labute approximate surface area is 108 Å². The van der Waals surface area contributed by atoms with Crippen molar-refractivity contribution in [2.45, 2.75) is 13.8 Å². The van der Waals surface area contributed by atoms with Gasteiger partial charge in [-0.1, -0.05) is 0 Å². The number of aryl methyl sites for hydroxylation is 1. The van der Waals surface area contributed by atoms with E-state index in [0.29, 0.717) is 11.1 Å². The Morgan fingerprint density at radius 2 is 2.22 bits per heavy atom. The van der Waals surface area contributed by atoms with Gasteiger partial charge in [0.15, 0.2) is 5.13 Å². The number of anilines is 1. The molecule has 0 saturated heterocycles. The summed E-state index contributed by atoms with van der Waals surface area (Å²) in [6.07, 6.45) is 1.49. The van der Waals surface area contributed by atoms with Gasteiger partial charge >= 0.3 is 0 Å². The van der Waals surface area contributed by atoms with Crippen molar-refractivity contribution in [2.24, 2.45) is 0 Å². The minimum Gasteiger partial charge on any atom is -0.375 e. The normalized spacial score (nSPS) is 11.0. The highest BCUT2D eigenvalue weighted by molar-refractivity contribution is 7.13. The fourth-order valence-electron chi connectivity index (χ4n) is 2.07. The minimum atomic E-state index is 0.578. The number of rotatable bonds is 2. The van der Waals surface area contributed by atoms with Gasteiger partial charge in [-0.25, -0.2) is 10.1 Å². The van der Waals surface area contributed by atoms with Crippen LogP contribution >= 0.6 is 11.3 Å². The number of nitrogens with two attached hydrogens (primary N) is 1. The number of aromatic amines is 1. The highest BCUT2D eigenvalue weighted by Crippen LogP contribution is 2.29. The summed E-state index contributed by atoms with van der Waals surface area (Å²) in [5.74, 6) is 0.708. The first kappa shape index (κ1) is 11.0. The third kappa shape index (κ3) is 1.60. The standard InChI is InChI=1S/C11H12N6S/c1-6-3-8(9-4-18-10(12)15-9)7(2)17(6)11-13-5-14-16-11/h3-5H,1-2H3,(H2,12,15)(H,13,14,16). The van der Waals surface area contributed by atoms with Crippen LogP contribution in [0, 0.1) is 13.8 Å². The maximum absolute atomic E-state index is 5.68. The van der Waals surface area contributed by atoms with E-state index in [1.807, 2.05) is 23.8 Å². The number of thiazole rings is 1. The van der Waals surface area contributed by atoms with E-state index in [2.05, 4.69) is 26.2 Å². The van der Waals surface area contributed by atoms with Crippen LogP contribution in [0.15, 0.2) is 17.8 Å². The molecule has 0 unspecified atom stereocenters. The Bertz CT molecular complexity index is 679.